The monoisotopic (exact) mass is 288 g/mol. The maximum absolute atomic E-state index is 12.0. The van der Waals surface area contributed by atoms with Crippen molar-refractivity contribution in [2.75, 3.05) is 24.3 Å². The smallest absolute Gasteiger partial charge is 0.240 e. The molecule has 0 aliphatic rings. The molecule has 6 heteroatoms. The minimum absolute atomic E-state index is 0.232. The predicted octanol–water partition coefficient (Wildman–Crippen LogP) is 2.00. The van der Waals surface area contributed by atoms with Crippen molar-refractivity contribution in [2.45, 2.75) is 24.7 Å². The number of aryl methyl sites for hydroxylation is 1. The summed E-state index contributed by atoms with van der Waals surface area (Å²) in [5.41, 5.74) is 7.10. The summed E-state index contributed by atoms with van der Waals surface area (Å²) in [5.74, 6) is 1.05. The number of nitrogens with one attached hydrogen (secondary N) is 1. The number of sulfonamides is 1. The van der Waals surface area contributed by atoms with E-state index in [0.717, 1.165) is 24.2 Å². The molecule has 3 N–H and O–H groups in total. The van der Waals surface area contributed by atoms with Gasteiger partial charge in [0.05, 0.1) is 4.90 Å². The van der Waals surface area contributed by atoms with Gasteiger partial charge in [-0.1, -0.05) is 6.07 Å². The summed E-state index contributed by atoms with van der Waals surface area (Å²) in [5, 5.41) is 0. The first-order valence-corrected chi connectivity index (χ1v) is 8.70. The van der Waals surface area contributed by atoms with Gasteiger partial charge in [0.2, 0.25) is 10.0 Å². The Morgan fingerprint density at radius 3 is 2.67 bits per heavy atom. The van der Waals surface area contributed by atoms with E-state index in [0.29, 0.717) is 12.2 Å². The predicted molar refractivity (Wildman–Crippen MR) is 78.4 cm³/mol. The highest BCUT2D eigenvalue weighted by Gasteiger charge is 2.13. The van der Waals surface area contributed by atoms with E-state index in [4.69, 9.17) is 5.73 Å². The van der Waals surface area contributed by atoms with Gasteiger partial charge >= 0.3 is 0 Å². The molecule has 0 aliphatic heterocycles. The lowest BCUT2D eigenvalue weighted by molar-refractivity contribution is 0.578. The van der Waals surface area contributed by atoms with Crippen molar-refractivity contribution < 1.29 is 8.42 Å². The van der Waals surface area contributed by atoms with Crippen LogP contribution in [0.25, 0.3) is 0 Å². The van der Waals surface area contributed by atoms with Crippen LogP contribution in [-0.2, 0) is 10.0 Å². The molecule has 102 valence electrons. The molecular formula is C12H20N2O2S2. The summed E-state index contributed by atoms with van der Waals surface area (Å²) in [6, 6.07) is 4.80. The van der Waals surface area contributed by atoms with E-state index >= 15 is 0 Å². The Morgan fingerprint density at radius 1 is 1.33 bits per heavy atom. The second-order valence-corrected chi connectivity index (χ2v) is 6.87. The fraction of sp³-hybridized carbons (Fsp3) is 0.500. The lowest BCUT2D eigenvalue weighted by atomic mass is 10.2. The normalized spacial score (nSPS) is 11.7. The van der Waals surface area contributed by atoms with Gasteiger partial charge in [0.15, 0.2) is 0 Å². The highest BCUT2D eigenvalue weighted by molar-refractivity contribution is 7.98. The number of nitrogen functional groups attached to an aromatic ring is 1. The number of benzene rings is 1. The molecule has 0 radical (unpaired) electrons. The van der Waals surface area contributed by atoms with E-state index in [2.05, 4.69) is 4.72 Å². The van der Waals surface area contributed by atoms with Crippen LogP contribution in [0, 0.1) is 6.92 Å². The van der Waals surface area contributed by atoms with E-state index in [9.17, 15) is 8.42 Å². The average Bonchev–Trinajstić information content (AvgIpc) is 2.32. The van der Waals surface area contributed by atoms with Crippen molar-refractivity contribution in [1.82, 2.24) is 4.72 Å². The Morgan fingerprint density at radius 2 is 2.06 bits per heavy atom. The molecule has 0 amide bonds. The molecule has 1 rings (SSSR count). The zero-order valence-electron chi connectivity index (χ0n) is 10.8. The fourth-order valence-electron chi connectivity index (χ4n) is 1.45. The molecule has 0 heterocycles. The third-order valence-electron chi connectivity index (χ3n) is 2.63. The summed E-state index contributed by atoms with van der Waals surface area (Å²) in [4.78, 5) is 0.232. The molecule has 1 aromatic rings. The molecule has 0 aromatic heterocycles. The van der Waals surface area contributed by atoms with Crippen LogP contribution >= 0.6 is 11.8 Å². The number of nitrogens with two attached hydrogens (primary N) is 1. The van der Waals surface area contributed by atoms with Gasteiger partial charge in [0.25, 0.3) is 0 Å². The van der Waals surface area contributed by atoms with Crippen molar-refractivity contribution >= 4 is 27.5 Å². The fourth-order valence-corrected chi connectivity index (χ4v) is 3.05. The van der Waals surface area contributed by atoms with Gasteiger partial charge in [-0.25, -0.2) is 13.1 Å². The number of hydrogen-bond donors (Lipinski definition) is 2. The Bertz CT molecular complexity index is 487. The standard InChI is InChI=1S/C12H20N2O2S2/c1-10-5-6-11(9-12(10)13)18(15,16)14-7-3-4-8-17-2/h5-6,9,14H,3-4,7-8,13H2,1-2H3. The van der Waals surface area contributed by atoms with Crippen molar-refractivity contribution in [3.05, 3.63) is 23.8 Å². The van der Waals surface area contributed by atoms with E-state index in [-0.39, 0.29) is 4.90 Å². The van der Waals surface area contributed by atoms with Crippen molar-refractivity contribution in [3.63, 3.8) is 0 Å². The van der Waals surface area contributed by atoms with Gasteiger partial charge < -0.3 is 5.73 Å². The number of thioether (sulfide) groups is 1. The second kappa shape index (κ2) is 7.01. The Balaban J connectivity index is 2.60. The molecule has 0 bridgehead atoms. The lowest BCUT2D eigenvalue weighted by Gasteiger charge is -2.08. The van der Waals surface area contributed by atoms with E-state index in [1.54, 1.807) is 23.9 Å². The molecule has 0 atom stereocenters. The van der Waals surface area contributed by atoms with Crippen LogP contribution in [-0.4, -0.2) is 27.0 Å². The molecule has 0 aliphatic carbocycles. The first-order valence-electron chi connectivity index (χ1n) is 5.82. The molecule has 0 unspecified atom stereocenters. The summed E-state index contributed by atoms with van der Waals surface area (Å²) in [7, 11) is -3.42. The first kappa shape index (κ1) is 15.3. The first-order chi connectivity index (χ1) is 8.47. The minimum Gasteiger partial charge on any atom is -0.398 e. The quantitative estimate of drug-likeness (QED) is 0.594. The SMILES string of the molecule is CSCCCCNS(=O)(=O)c1ccc(C)c(N)c1. The molecule has 1 aromatic carbocycles. The highest BCUT2D eigenvalue weighted by Crippen LogP contribution is 2.16. The minimum atomic E-state index is -3.42. The van der Waals surface area contributed by atoms with Crippen LogP contribution < -0.4 is 10.5 Å². The molecule has 18 heavy (non-hydrogen) atoms. The van der Waals surface area contributed by atoms with E-state index in [1.807, 2.05) is 13.2 Å². The molecule has 0 saturated carbocycles. The third-order valence-corrected chi connectivity index (χ3v) is 4.78. The molecule has 0 saturated heterocycles. The molecule has 0 spiro atoms. The summed E-state index contributed by atoms with van der Waals surface area (Å²) < 4.78 is 26.5. The largest absolute Gasteiger partial charge is 0.398 e. The number of hydrogen-bond acceptors (Lipinski definition) is 4. The van der Waals surface area contributed by atoms with Gasteiger partial charge in [-0.2, -0.15) is 11.8 Å². The summed E-state index contributed by atoms with van der Waals surface area (Å²) in [6.45, 7) is 2.32. The number of anilines is 1. The Labute approximate surface area is 113 Å². The number of unbranched alkanes of at least 4 members (excludes halogenated alkanes) is 1. The molecule has 4 nitrogen and oxygen atoms in total. The zero-order valence-corrected chi connectivity index (χ0v) is 12.4. The van der Waals surface area contributed by atoms with Crippen LogP contribution in [0.3, 0.4) is 0 Å². The van der Waals surface area contributed by atoms with Gasteiger partial charge in [-0.05, 0) is 49.5 Å². The highest BCUT2D eigenvalue weighted by atomic mass is 32.2. The van der Waals surface area contributed by atoms with E-state index in [1.165, 1.54) is 6.07 Å². The van der Waals surface area contributed by atoms with Crippen LogP contribution in [0.5, 0.6) is 0 Å². The van der Waals surface area contributed by atoms with Gasteiger partial charge in [-0.15, -0.1) is 0 Å². The summed E-state index contributed by atoms with van der Waals surface area (Å²) >= 11 is 1.77. The maximum Gasteiger partial charge on any atom is 0.240 e. The second-order valence-electron chi connectivity index (χ2n) is 4.12. The van der Waals surface area contributed by atoms with Crippen LogP contribution in [0.1, 0.15) is 18.4 Å². The van der Waals surface area contributed by atoms with Crippen molar-refractivity contribution in [2.24, 2.45) is 0 Å². The average molecular weight is 288 g/mol. The van der Waals surface area contributed by atoms with Crippen LogP contribution in [0.15, 0.2) is 23.1 Å². The topological polar surface area (TPSA) is 72.2 Å². The molecular weight excluding hydrogens is 268 g/mol. The van der Waals surface area contributed by atoms with Crippen molar-refractivity contribution in [3.8, 4) is 0 Å². The van der Waals surface area contributed by atoms with Crippen LogP contribution in [0.4, 0.5) is 5.69 Å². The van der Waals surface area contributed by atoms with Gasteiger partial charge in [0.1, 0.15) is 0 Å². The Kier molecular flexibility index (Phi) is 5.98. The third kappa shape index (κ3) is 4.51. The van der Waals surface area contributed by atoms with Gasteiger partial charge in [-0.3, -0.25) is 0 Å². The van der Waals surface area contributed by atoms with Crippen LogP contribution in [0.2, 0.25) is 0 Å². The van der Waals surface area contributed by atoms with E-state index < -0.39 is 10.0 Å². The van der Waals surface area contributed by atoms with Gasteiger partial charge in [0, 0.05) is 12.2 Å². The zero-order chi connectivity index (χ0) is 13.6. The summed E-state index contributed by atoms with van der Waals surface area (Å²) in [6.07, 6.45) is 3.90. The number of rotatable bonds is 7. The van der Waals surface area contributed by atoms with Crippen molar-refractivity contribution in [1.29, 1.82) is 0 Å². The maximum atomic E-state index is 12.0. The lowest BCUT2D eigenvalue weighted by Crippen LogP contribution is -2.25. The Hall–Kier alpha value is -0.720. The molecule has 0 fully saturated rings.